The molecule has 2 heterocycles. The lowest BCUT2D eigenvalue weighted by Crippen LogP contribution is -2.38. The summed E-state index contributed by atoms with van der Waals surface area (Å²) in [5.41, 5.74) is 7.68. The zero-order valence-corrected chi connectivity index (χ0v) is 14.6. The van der Waals surface area contributed by atoms with E-state index < -0.39 is 10.0 Å². The Morgan fingerprint density at radius 3 is 2.76 bits per heavy atom. The van der Waals surface area contributed by atoms with Crippen LogP contribution in [0.15, 0.2) is 39.0 Å². The summed E-state index contributed by atoms with van der Waals surface area (Å²) in [5, 5.41) is 0. The molecule has 2 N–H and O–H groups in total. The number of nitrogens with zero attached hydrogens (tertiary/aromatic N) is 1. The summed E-state index contributed by atoms with van der Waals surface area (Å²) in [4.78, 5) is 1.15. The molecule has 7 heteroatoms. The first-order valence-corrected chi connectivity index (χ1v) is 9.59. The van der Waals surface area contributed by atoms with E-state index in [0.717, 1.165) is 14.2 Å². The fourth-order valence-corrected chi connectivity index (χ4v) is 6.51. The zero-order valence-electron chi connectivity index (χ0n) is 11.4. The van der Waals surface area contributed by atoms with Crippen LogP contribution in [0, 0.1) is 6.92 Å². The quantitative estimate of drug-likeness (QED) is 0.859. The molecule has 0 aliphatic carbocycles. The van der Waals surface area contributed by atoms with Gasteiger partial charge in [-0.2, -0.15) is 0 Å². The van der Waals surface area contributed by atoms with Gasteiger partial charge >= 0.3 is 0 Å². The molecule has 0 fully saturated rings. The molecule has 2 aromatic rings. The number of hydrogen-bond donors (Lipinski definition) is 1. The molecule has 0 saturated heterocycles. The Hall–Kier alpha value is -0.890. The van der Waals surface area contributed by atoms with Gasteiger partial charge in [0.25, 0.3) is 10.0 Å². The number of fused-ring (bicyclic) bond motifs is 1. The fraction of sp³-hybridized carbons (Fsp3) is 0.286. The minimum absolute atomic E-state index is 0.108. The molecule has 1 unspecified atom stereocenters. The predicted octanol–water partition coefficient (Wildman–Crippen LogP) is 3.42. The number of nitrogens with two attached hydrogens (primary N) is 1. The molecule has 1 aliphatic rings. The molecule has 4 nitrogen and oxygen atoms in total. The predicted molar refractivity (Wildman–Crippen MR) is 89.3 cm³/mol. The van der Waals surface area contributed by atoms with E-state index in [0.29, 0.717) is 23.5 Å². The fourth-order valence-electron chi connectivity index (χ4n) is 2.62. The van der Waals surface area contributed by atoms with Crippen molar-refractivity contribution in [2.24, 2.45) is 5.73 Å². The van der Waals surface area contributed by atoms with Crippen molar-refractivity contribution in [1.82, 2.24) is 0 Å². The molecule has 1 atom stereocenters. The summed E-state index contributed by atoms with van der Waals surface area (Å²) in [6.07, 6.45) is 0.626. The maximum atomic E-state index is 13.0. The minimum atomic E-state index is -3.55. The van der Waals surface area contributed by atoms with E-state index in [2.05, 4.69) is 15.9 Å². The first kappa shape index (κ1) is 15.0. The second kappa shape index (κ2) is 5.39. The molecule has 112 valence electrons. The second-order valence-corrected chi connectivity index (χ2v) is 9.47. The van der Waals surface area contributed by atoms with E-state index in [1.54, 1.807) is 6.07 Å². The molecule has 0 saturated carbocycles. The minimum Gasteiger partial charge on any atom is -0.324 e. The SMILES string of the molecule is Cc1sc(Br)cc1S(=O)(=O)N1CCC(N)c2ccccc21. The molecule has 21 heavy (non-hydrogen) atoms. The van der Waals surface area contributed by atoms with Crippen molar-refractivity contribution in [2.75, 3.05) is 10.8 Å². The van der Waals surface area contributed by atoms with Crippen molar-refractivity contribution >= 4 is 43.0 Å². The number of anilines is 1. The number of aryl methyl sites for hydroxylation is 1. The van der Waals surface area contributed by atoms with Crippen LogP contribution in [0.25, 0.3) is 0 Å². The maximum absolute atomic E-state index is 13.0. The Kier molecular flexibility index (Phi) is 3.85. The highest BCUT2D eigenvalue weighted by molar-refractivity contribution is 9.11. The van der Waals surface area contributed by atoms with Gasteiger partial charge in [0, 0.05) is 17.5 Å². The highest BCUT2D eigenvalue weighted by atomic mass is 79.9. The molecule has 3 rings (SSSR count). The van der Waals surface area contributed by atoms with Gasteiger partial charge in [-0.05, 0) is 47.0 Å². The number of hydrogen-bond acceptors (Lipinski definition) is 4. The molecule has 1 aliphatic heterocycles. The molecule has 0 spiro atoms. The number of thiophene rings is 1. The highest BCUT2D eigenvalue weighted by Crippen LogP contribution is 2.38. The number of benzene rings is 1. The molecule has 0 bridgehead atoms. The van der Waals surface area contributed by atoms with Gasteiger partial charge in [0.05, 0.1) is 9.47 Å². The Morgan fingerprint density at radius 1 is 1.38 bits per heavy atom. The highest BCUT2D eigenvalue weighted by Gasteiger charge is 2.33. The molecule has 1 aromatic carbocycles. The van der Waals surface area contributed by atoms with Crippen LogP contribution >= 0.6 is 27.3 Å². The summed E-state index contributed by atoms with van der Waals surface area (Å²) < 4.78 is 28.2. The van der Waals surface area contributed by atoms with Crippen molar-refractivity contribution in [3.05, 3.63) is 44.6 Å². The Bertz CT molecular complexity index is 786. The average Bonchev–Trinajstić information content (AvgIpc) is 2.79. The van der Waals surface area contributed by atoms with E-state index in [1.165, 1.54) is 15.6 Å². The van der Waals surface area contributed by atoms with Gasteiger partial charge in [0.15, 0.2) is 0 Å². The van der Waals surface area contributed by atoms with E-state index >= 15 is 0 Å². The van der Waals surface area contributed by atoms with Crippen LogP contribution in [0.5, 0.6) is 0 Å². The molecular formula is C14H15BrN2O2S2. The van der Waals surface area contributed by atoms with Crippen LogP contribution in [0.4, 0.5) is 5.69 Å². The van der Waals surface area contributed by atoms with Gasteiger partial charge in [-0.15, -0.1) is 11.3 Å². The topological polar surface area (TPSA) is 63.4 Å². The van der Waals surface area contributed by atoms with E-state index in [4.69, 9.17) is 5.73 Å². The van der Waals surface area contributed by atoms with Gasteiger partial charge in [-0.1, -0.05) is 18.2 Å². The lowest BCUT2D eigenvalue weighted by molar-refractivity contribution is 0.574. The monoisotopic (exact) mass is 386 g/mol. The van der Waals surface area contributed by atoms with Crippen LogP contribution in [0.1, 0.15) is 22.9 Å². The Morgan fingerprint density at radius 2 is 2.10 bits per heavy atom. The number of sulfonamides is 1. The van der Waals surface area contributed by atoms with Crippen molar-refractivity contribution in [3.8, 4) is 0 Å². The first-order chi connectivity index (χ1) is 9.91. The van der Waals surface area contributed by atoms with Crippen LogP contribution in [0.3, 0.4) is 0 Å². The molecule has 0 amide bonds. The summed E-state index contributed by atoms with van der Waals surface area (Å²) in [6.45, 7) is 2.23. The molecule has 0 radical (unpaired) electrons. The van der Waals surface area contributed by atoms with Crippen LogP contribution < -0.4 is 10.0 Å². The van der Waals surface area contributed by atoms with Crippen molar-refractivity contribution in [2.45, 2.75) is 24.3 Å². The largest absolute Gasteiger partial charge is 0.324 e. The summed E-state index contributed by atoms with van der Waals surface area (Å²) >= 11 is 4.78. The van der Waals surface area contributed by atoms with Gasteiger partial charge < -0.3 is 5.73 Å². The molecule has 1 aromatic heterocycles. The van der Waals surface area contributed by atoms with Gasteiger partial charge in [-0.3, -0.25) is 4.31 Å². The van der Waals surface area contributed by atoms with Crippen molar-refractivity contribution in [3.63, 3.8) is 0 Å². The van der Waals surface area contributed by atoms with Crippen LogP contribution in [-0.2, 0) is 10.0 Å². The Labute approximate surface area is 136 Å². The first-order valence-electron chi connectivity index (χ1n) is 6.54. The van der Waals surface area contributed by atoms with E-state index in [-0.39, 0.29) is 6.04 Å². The standard InChI is InChI=1S/C14H15BrN2O2S2/c1-9-13(8-14(15)20-9)21(18,19)17-7-6-11(16)10-4-2-3-5-12(10)17/h2-5,8,11H,6-7,16H2,1H3. The maximum Gasteiger partial charge on any atom is 0.265 e. The van der Waals surface area contributed by atoms with Crippen molar-refractivity contribution in [1.29, 1.82) is 0 Å². The second-order valence-electron chi connectivity index (χ2n) is 5.00. The van der Waals surface area contributed by atoms with E-state index in [1.807, 2.05) is 31.2 Å². The van der Waals surface area contributed by atoms with Crippen molar-refractivity contribution < 1.29 is 8.42 Å². The summed E-state index contributed by atoms with van der Waals surface area (Å²) in [5.74, 6) is 0. The third-order valence-electron chi connectivity index (χ3n) is 3.66. The number of para-hydroxylation sites is 1. The summed E-state index contributed by atoms with van der Waals surface area (Å²) in [7, 11) is -3.55. The Balaban J connectivity index is 2.13. The van der Waals surface area contributed by atoms with Crippen LogP contribution in [0.2, 0.25) is 0 Å². The average molecular weight is 387 g/mol. The lowest BCUT2D eigenvalue weighted by Gasteiger charge is -2.33. The van der Waals surface area contributed by atoms with Gasteiger partial charge in [0.2, 0.25) is 0 Å². The molecular weight excluding hydrogens is 372 g/mol. The van der Waals surface area contributed by atoms with E-state index in [9.17, 15) is 8.42 Å². The zero-order chi connectivity index (χ0) is 15.2. The number of rotatable bonds is 2. The summed E-state index contributed by atoms with van der Waals surface area (Å²) in [6, 6.07) is 9.02. The van der Waals surface area contributed by atoms with Crippen LogP contribution in [-0.4, -0.2) is 15.0 Å². The van der Waals surface area contributed by atoms with Gasteiger partial charge in [0.1, 0.15) is 4.90 Å². The third-order valence-corrected chi connectivity index (χ3v) is 7.28. The smallest absolute Gasteiger partial charge is 0.265 e. The van der Waals surface area contributed by atoms with Gasteiger partial charge in [-0.25, -0.2) is 8.42 Å². The third kappa shape index (κ3) is 2.52. The lowest BCUT2D eigenvalue weighted by atomic mass is 9.99. The number of halogens is 1. The normalized spacial score (nSPS) is 18.6.